The number of hydrogen-bond acceptors (Lipinski definition) is 3. The number of Topliss-reactive ketones (excluding diaryl/α,β-unsaturated/α-hetero) is 1. The first-order valence-corrected chi connectivity index (χ1v) is 6.89. The van der Waals surface area contributed by atoms with Crippen molar-refractivity contribution in [3.05, 3.63) is 25.8 Å². The number of carbonyl (C=O) groups excluding carboxylic acids is 1. The lowest BCUT2D eigenvalue weighted by molar-refractivity contribution is 0.0984. The minimum atomic E-state index is 0.0248. The molecule has 0 unspecified atom stereocenters. The van der Waals surface area contributed by atoms with Crippen LogP contribution < -0.4 is 10.5 Å². The van der Waals surface area contributed by atoms with Crippen molar-refractivity contribution in [3.63, 3.8) is 0 Å². The van der Waals surface area contributed by atoms with Gasteiger partial charge in [-0.1, -0.05) is 18.5 Å². The van der Waals surface area contributed by atoms with E-state index in [4.69, 9.17) is 22.1 Å². The summed E-state index contributed by atoms with van der Waals surface area (Å²) >= 11 is 8.24. The van der Waals surface area contributed by atoms with Crippen molar-refractivity contribution in [1.82, 2.24) is 0 Å². The predicted molar refractivity (Wildman–Crippen MR) is 77.9 cm³/mol. The number of ether oxygens (including phenoxy) is 1. The van der Waals surface area contributed by atoms with E-state index in [0.29, 0.717) is 35.9 Å². The Bertz CT molecular complexity index is 435. The number of halogens is 2. The average Bonchev–Trinajstić information content (AvgIpc) is 2.32. The Balaban J connectivity index is 3.43. The third kappa shape index (κ3) is 3.11. The quantitative estimate of drug-likeness (QED) is 0.641. The molecule has 0 atom stereocenters. The van der Waals surface area contributed by atoms with Crippen LogP contribution in [0.2, 0.25) is 5.02 Å². The van der Waals surface area contributed by atoms with Gasteiger partial charge in [0.05, 0.1) is 15.7 Å². The van der Waals surface area contributed by atoms with Gasteiger partial charge in [0.15, 0.2) is 5.78 Å². The van der Waals surface area contributed by atoms with Gasteiger partial charge in [-0.15, -0.1) is 0 Å². The fourth-order valence-electron chi connectivity index (χ4n) is 1.51. The molecule has 0 amide bonds. The van der Waals surface area contributed by atoms with Crippen molar-refractivity contribution in [3.8, 4) is 5.75 Å². The Hall–Kier alpha value is -0.330. The summed E-state index contributed by atoms with van der Waals surface area (Å²) in [5.41, 5.74) is 7.01. The Labute approximate surface area is 120 Å². The highest BCUT2D eigenvalue weighted by Crippen LogP contribution is 2.34. The summed E-state index contributed by atoms with van der Waals surface area (Å²) in [6.45, 7) is 4.53. The summed E-state index contributed by atoms with van der Waals surface area (Å²) in [6.07, 6.45) is 0.425. The zero-order valence-corrected chi connectivity index (χ0v) is 12.8. The molecule has 0 fully saturated rings. The number of benzene rings is 1. The fourth-order valence-corrected chi connectivity index (χ4v) is 2.91. The highest BCUT2D eigenvalue weighted by Gasteiger charge is 2.19. The van der Waals surface area contributed by atoms with E-state index >= 15 is 0 Å². The standard InChI is InChI=1S/C12H15ClINO2/c1-3-10(16)7-5-9(13)8(6-15)11(14)12(7)17-4-2/h5H,3-4,6,15H2,1-2H3. The van der Waals surface area contributed by atoms with Gasteiger partial charge in [0.25, 0.3) is 0 Å². The second kappa shape index (κ2) is 6.56. The van der Waals surface area contributed by atoms with Crippen LogP contribution in [-0.4, -0.2) is 12.4 Å². The molecule has 2 N–H and O–H groups in total. The van der Waals surface area contributed by atoms with Gasteiger partial charge in [0.2, 0.25) is 0 Å². The molecule has 1 rings (SSSR count). The van der Waals surface area contributed by atoms with E-state index in [-0.39, 0.29) is 5.78 Å². The second-order valence-electron chi connectivity index (χ2n) is 3.44. The molecular formula is C12H15ClINO2. The smallest absolute Gasteiger partial charge is 0.166 e. The molecule has 94 valence electrons. The van der Waals surface area contributed by atoms with Gasteiger partial charge in [0, 0.05) is 23.6 Å². The van der Waals surface area contributed by atoms with E-state index in [0.717, 1.165) is 9.13 Å². The minimum Gasteiger partial charge on any atom is -0.492 e. The van der Waals surface area contributed by atoms with Crippen molar-refractivity contribution in [2.75, 3.05) is 6.61 Å². The molecule has 0 aliphatic rings. The van der Waals surface area contributed by atoms with Crippen LogP contribution in [0.5, 0.6) is 5.75 Å². The molecule has 1 aromatic rings. The molecular weight excluding hydrogens is 352 g/mol. The molecule has 0 spiro atoms. The molecule has 0 heterocycles. The molecule has 0 aliphatic carbocycles. The Morgan fingerprint density at radius 1 is 1.53 bits per heavy atom. The summed E-state index contributed by atoms with van der Waals surface area (Å²) in [5.74, 6) is 0.627. The number of ketones is 1. The van der Waals surface area contributed by atoms with E-state index in [1.165, 1.54) is 0 Å². The SMILES string of the molecule is CCOc1c(C(=O)CC)cc(Cl)c(CN)c1I. The van der Waals surface area contributed by atoms with Crippen molar-refractivity contribution >= 4 is 40.0 Å². The summed E-state index contributed by atoms with van der Waals surface area (Å²) in [4.78, 5) is 11.8. The zero-order chi connectivity index (χ0) is 13.0. The number of rotatable bonds is 5. The Kier molecular flexibility index (Phi) is 5.69. The molecule has 0 bridgehead atoms. The number of nitrogens with two attached hydrogens (primary N) is 1. The highest BCUT2D eigenvalue weighted by atomic mass is 127. The van der Waals surface area contributed by atoms with Crippen LogP contribution in [-0.2, 0) is 6.54 Å². The molecule has 0 saturated carbocycles. The third-order valence-electron chi connectivity index (χ3n) is 2.38. The van der Waals surface area contributed by atoms with E-state index < -0.39 is 0 Å². The maximum Gasteiger partial charge on any atom is 0.166 e. The van der Waals surface area contributed by atoms with Crippen LogP contribution in [0.4, 0.5) is 0 Å². The van der Waals surface area contributed by atoms with Gasteiger partial charge in [-0.25, -0.2) is 0 Å². The summed E-state index contributed by atoms with van der Waals surface area (Å²) < 4.78 is 6.38. The van der Waals surface area contributed by atoms with E-state index in [2.05, 4.69) is 22.6 Å². The monoisotopic (exact) mass is 367 g/mol. The molecule has 17 heavy (non-hydrogen) atoms. The van der Waals surface area contributed by atoms with Gasteiger partial charge in [0.1, 0.15) is 5.75 Å². The van der Waals surface area contributed by atoms with Gasteiger partial charge in [-0.2, -0.15) is 0 Å². The Morgan fingerprint density at radius 3 is 2.65 bits per heavy atom. The molecule has 0 saturated heterocycles. The predicted octanol–water partition coefficient (Wildman–Crippen LogP) is 3.39. The normalized spacial score (nSPS) is 10.4. The van der Waals surface area contributed by atoms with Crippen molar-refractivity contribution in [1.29, 1.82) is 0 Å². The van der Waals surface area contributed by atoms with Gasteiger partial charge < -0.3 is 10.5 Å². The van der Waals surface area contributed by atoms with Crippen LogP contribution >= 0.6 is 34.2 Å². The summed E-state index contributed by atoms with van der Waals surface area (Å²) in [5, 5.41) is 0.525. The highest BCUT2D eigenvalue weighted by molar-refractivity contribution is 14.1. The van der Waals surface area contributed by atoms with E-state index in [1.807, 2.05) is 13.8 Å². The topological polar surface area (TPSA) is 52.3 Å². The maximum atomic E-state index is 11.8. The molecule has 1 aromatic carbocycles. The first-order chi connectivity index (χ1) is 8.06. The average molecular weight is 368 g/mol. The number of carbonyl (C=O) groups is 1. The number of hydrogen-bond donors (Lipinski definition) is 1. The zero-order valence-electron chi connectivity index (χ0n) is 9.85. The lowest BCUT2D eigenvalue weighted by Gasteiger charge is -2.15. The Morgan fingerprint density at radius 2 is 2.18 bits per heavy atom. The summed E-state index contributed by atoms with van der Waals surface area (Å²) in [6, 6.07) is 1.66. The molecule has 0 aliphatic heterocycles. The van der Waals surface area contributed by atoms with Crippen LogP contribution in [0.3, 0.4) is 0 Å². The van der Waals surface area contributed by atoms with Crippen LogP contribution in [0.15, 0.2) is 6.07 Å². The van der Waals surface area contributed by atoms with Gasteiger partial charge in [-0.3, -0.25) is 4.79 Å². The second-order valence-corrected chi connectivity index (χ2v) is 4.93. The first kappa shape index (κ1) is 14.7. The van der Waals surface area contributed by atoms with Gasteiger partial charge in [-0.05, 0) is 35.6 Å². The fraction of sp³-hybridized carbons (Fsp3) is 0.417. The third-order valence-corrected chi connectivity index (χ3v) is 3.86. The molecule has 3 nitrogen and oxygen atoms in total. The minimum absolute atomic E-state index is 0.0248. The first-order valence-electron chi connectivity index (χ1n) is 5.43. The lowest BCUT2D eigenvalue weighted by Crippen LogP contribution is -2.09. The van der Waals surface area contributed by atoms with Crippen molar-refractivity contribution < 1.29 is 9.53 Å². The van der Waals surface area contributed by atoms with Crippen LogP contribution in [0, 0.1) is 3.57 Å². The van der Waals surface area contributed by atoms with Crippen LogP contribution in [0.25, 0.3) is 0 Å². The lowest BCUT2D eigenvalue weighted by atomic mass is 10.0. The van der Waals surface area contributed by atoms with E-state index in [9.17, 15) is 4.79 Å². The molecule has 5 heteroatoms. The van der Waals surface area contributed by atoms with Crippen molar-refractivity contribution in [2.45, 2.75) is 26.8 Å². The molecule has 0 aromatic heterocycles. The largest absolute Gasteiger partial charge is 0.492 e. The molecule has 0 radical (unpaired) electrons. The maximum absolute atomic E-state index is 11.8. The van der Waals surface area contributed by atoms with Crippen molar-refractivity contribution in [2.24, 2.45) is 5.73 Å². The van der Waals surface area contributed by atoms with E-state index in [1.54, 1.807) is 6.07 Å². The summed E-state index contributed by atoms with van der Waals surface area (Å²) in [7, 11) is 0. The van der Waals surface area contributed by atoms with Gasteiger partial charge >= 0.3 is 0 Å². The van der Waals surface area contributed by atoms with Crippen LogP contribution in [0.1, 0.15) is 36.2 Å².